The maximum Gasteiger partial charge on any atom is 0.0193 e. The van der Waals surface area contributed by atoms with Crippen molar-refractivity contribution in [1.29, 1.82) is 0 Å². The Balaban J connectivity index is 2.23. The predicted molar refractivity (Wildman–Crippen MR) is 57.2 cm³/mol. The highest BCUT2D eigenvalue weighted by Gasteiger charge is 2.32. The Morgan fingerprint density at radius 3 is 2.77 bits per heavy atom. The number of nitrogens with one attached hydrogen (secondary N) is 1. The smallest absolute Gasteiger partial charge is 0.0193 e. The zero-order valence-corrected chi connectivity index (χ0v) is 8.57. The molecule has 13 heavy (non-hydrogen) atoms. The van der Waals surface area contributed by atoms with Gasteiger partial charge in [0.15, 0.2) is 0 Å². The van der Waals surface area contributed by atoms with Crippen LogP contribution in [0.4, 0.5) is 0 Å². The van der Waals surface area contributed by atoms with Gasteiger partial charge in [0.1, 0.15) is 0 Å². The number of rotatable bonds is 2. The van der Waals surface area contributed by atoms with Gasteiger partial charge in [-0.25, -0.2) is 0 Å². The number of nitrogens with two attached hydrogens (primary N) is 1. The van der Waals surface area contributed by atoms with E-state index in [1.165, 1.54) is 17.7 Å². The summed E-state index contributed by atoms with van der Waals surface area (Å²) in [7, 11) is 0. The predicted octanol–water partition coefficient (Wildman–Crippen LogP) is 1.33. The van der Waals surface area contributed by atoms with E-state index in [4.69, 9.17) is 5.73 Å². The molecule has 3 heteroatoms. The van der Waals surface area contributed by atoms with Gasteiger partial charge in [-0.15, -0.1) is 11.3 Å². The van der Waals surface area contributed by atoms with Crippen molar-refractivity contribution in [3.8, 4) is 0 Å². The Kier molecular flexibility index (Phi) is 2.67. The third-order valence-electron chi connectivity index (χ3n) is 3.00. The summed E-state index contributed by atoms with van der Waals surface area (Å²) in [5, 5.41) is 5.53. The highest BCUT2D eigenvalue weighted by molar-refractivity contribution is 7.10. The van der Waals surface area contributed by atoms with E-state index in [1.807, 2.05) is 11.3 Å². The van der Waals surface area contributed by atoms with Crippen molar-refractivity contribution in [2.75, 3.05) is 19.6 Å². The lowest BCUT2D eigenvalue weighted by atomic mass is 9.78. The molecule has 3 N–H and O–H groups in total. The minimum Gasteiger partial charge on any atom is -0.330 e. The van der Waals surface area contributed by atoms with E-state index < -0.39 is 0 Å². The Labute approximate surface area is 83.1 Å². The normalized spacial score (nSPS) is 21.6. The molecule has 0 aliphatic carbocycles. The van der Waals surface area contributed by atoms with Crippen LogP contribution in [0.2, 0.25) is 0 Å². The second kappa shape index (κ2) is 3.78. The molecule has 72 valence electrons. The first-order valence-electron chi connectivity index (χ1n) is 4.82. The number of hydrogen-bond donors (Lipinski definition) is 2. The molecule has 1 aliphatic heterocycles. The van der Waals surface area contributed by atoms with Crippen LogP contribution in [-0.4, -0.2) is 19.6 Å². The fourth-order valence-corrected chi connectivity index (χ4v) is 3.04. The first-order valence-corrected chi connectivity index (χ1v) is 5.70. The Bertz CT molecular complexity index is 250. The van der Waals surface area contributed by atoms with E-state index in [0.717, 1.165) is 19.6 Å². The quantitative estimate of drug-likeness (QED) is 0.749. The van der Waals surface area contributed by atoms with Crippen molar-refractivity contribution >= 4 is 11.3 Å². The van der Waals surface area contributed by atoms with Gasteiger partial charge in [0.2, 0.25) is 0 Å². The van der Waals surface area contributed by atoms with Gasteiger partial charge in [0.25, 0.3) is 0 Å². The topological polar surface area (TPSA) is 38.0 Å². The van der Waals surface area contributed by atoms with Crippen molar-refractivity contribution in [3.05, 3.63) is 22.4 Å². The van der Waals surface area contributed by atoms with E-state index in [-0.39, 0.29) is 5.41 Å². The minimum absolute atomic E-state index is 0.277. The molecule has 1 aliphatic rings. The van der Waals surface area contributed by atoms with Crippen LogP contribution in [0.3, 0.4) is 0 Å². The summed E-state index contributed by atoms with van der Waals surface area (Å²) in [5.74, 6) is 0. The van der Waals surface area contributed by atoms with Gasteiger partial charge in [-0.1, -0.05) is 6.07 Å². The molecule has 0 atom stereocenters. The highest BCUT2D eigenvalue weighted by Crippen LogP contribution is 2.35. The largest absolute Gasteiger partial charge is 0.330 e. The summed E-state index contributed by atoms with van der Waals surface area (Å²) >= 11 is 1.85. The van der Waals surface area contributed by atoms with Crippen molar-refractivity contribution in [2.24, 2.45) is 5.73 Å². The van der Waals surface area contributed by atoms with Crippen LogP contribution in [-0.2, 0) is 5.41 Å². The van der Waals surface area contributed by atoms with Gasteiger partial charge in [0, 0.05) is 16.8 Å². The third-order valence-corrected chi connectivity index (χ3v) is 4.11. The van der Waals surface area contributed by atoms with Crippen molar-refractivity contribution in [1.82, 2.24) is 5.32 Å². The fraction of sp³-hybridized carbons (Fsp3) is 0.600. The van der Waals surface area contributed by atoms with Crippen molar-refractivity contribution in [3.63, 3.8) is 0 Å². The van der Waals surface area contributed by atoms with Crippen LogP contribution >= 0.6 is 11.3 Å². The van der Waals surface area contributed by atoms with Crippen LogP contribution in [0.5, 0.6) is 0 Å². The summed E-state index contributed by atoms with van der Waals surface area (Å²) in [5.41, 5.74) is 6.19. The van der Waals surface area contributed by atoms with Gasteiger partial charge in [-0.2, -0.15) is 0 Å². The van der Waals surface area contributed by atoms with Crippen LogP contribution in [0, 0.1) is 0 Å². The number of hydrogen-bond acceptors (Lipinski definition) is 3. The monoisotopic (exact) mass is 196 g/mol. The molecule has 2 heterocycles. The molecule has 0 bridgehead atoms. The molecule has 1 aromatic rings. The average molecular weight is 196 g/mol. The zero-order chi connectivity index (χ0) is 9.15. The molecule has 2 nitrogen and oxygen atoms in total. The Morgan fingerprint density at radius 1 is 1.46 bits per heavy atom. The van der Waals surface area contributed by atoms with E-state index in [1.54, 1.807) is 0 Å². The number of piperidine rings is 1. The summed E-state index contributed by atoms with van der Waals surface area (Å²) in [6, 6.07) is 4.35. The molecule has 0 radical (unpaired) electrons. The minimum atomic E-state index is 0.277. The van der Waals surface area contributed by atoms with E-state index in [9.17, 15) is 0 Å². The summed E-state index contributed by atoms with van der Waals surface area (Å²) in [4.78, 5) is 1.47. The van der Waals surface area contributed by atoms with Crippen LogP contribution in [0.15, 0.2) is 17.5 Å². The molecule has 2 rings (SSSR count). The highest BCUT2D eigenvalue weighted by atomic mass is 32.1. The molecule has 1 saturated heterocycles. The fourth-order valence-electron chi connectivity index (χ4n) is 2.04. The molecular formula is C10H16N2S. The SMILES string of the molecule is NCC1(c2cccs2)CCNCC1. The standard InChI is InChI=1S/C10H16N2S/c11-8-10(3-5-12-6-4-10)9-2-1-7-13-9/h1-2,7,12H,3-6,8,11H2. The van der Waals surface area contributed by atoms with Crippen molar-refractivity contribution < 1.29 is 0 Å². The Morgan fingerprint density at radius 2 is 2.23 bits per heavy atom. The first-order chi connectivity index (χ1) is 6.37. The van der Waals surface area contributed by atoms with Crippen LogP contribution < -0.4 is 11.1 Å². The lowest BCUT2D eigenvalue weighted by Crippen LogP contribution is -2.44. The zero-order valence-electron chi connectivity index (χ0n) is 7.75. The average Bonchev–Trinajstić information content (AvgIpc) is 2.72. The number of thiophene rings is 1. The molecular weight excluding hydrogens is 180 g/mol. The Hall–Kier alpha value is -0.380. The molecule has 0 saturated carbocycles. The summed E-state index contributed by atoms with van der Waals surface area (Å²) < 4.78 is 0. The van der Waals surface area contributed by atoms with Crippen LogP contribution in [0.25, 0.3) is 0 Å². The lowest BCUT2D eigenvalue weighted by Gasteiger charge is -2.35. The van der Waals surface area contributed by atoms with E-state index in [0.29, 0.717) is 0 Å². The molecule has 0 amide bonds. The van der Waals surface area contributed by atoms with Gasteiger partial charge < -0.3 is 11.1 Å². The summed E-state index contributed by atoms with van der Waals surface area (Å²) in [6.45, 7) is 3.00. The lowest BCUT2D eigenvalue weighted by molar-refractivity contribution is 0.321. The van der Waals surface area contributed by atoms with Gasteiger partial charge in [-0.3, -0.25) is 0 Å². The van der Waals surface area contributed by atoms with E-state index in [2.05, 4.69) is 22.8 Å². The molecule has 0 aromatic carbocycles. The van der Waals surface area contributed by atoms with Gasteiger partial charge in [0.05, 0.1) is 0 Å². The summed E-state index contributed by atoms with van der Waals surface area (Å²) in [6.07, 6.45) is 2.37. The van der Waals surface area contributed by atoms with Crippen LogP contribution in [0.1, 0.15) is 17.7 Å². The maximum absolute atomic E-state index is 5.91. The van der Waals surface area contributed by atoms with Crippen molar-refractivity contribution in [2.45, 2.75) is 18.3 Å². The maximum atomic E-state index is 5.91. The van der Waals surface area contributed by atoms with Gasteiger partial charge >= 0.3 is 0 Å². The van der Waals surface area contributed by atoms with E-state index >= 15 is 0 Å². The first kappa shape index (κ1) is 9.19. The molecule has 1 fully saturated rings. The second-order valence-corrected chi connectivity index (χ2v) is 4.66. The molecule has 0 spiro atoms. The molecule has 1 aromatic heterocycles. The molecule has 0 unspecified atom stereocenters. The second-order valence-electron chi connectivity index (χ2n) is 3.71. The third kappa shape index (κ3) is 1.64. The van der Waals surface area contributed by atoms with Gasteiger partial charge in [-0.05, 0) is 37.4 Å².